The van der Waals surface area contributed by atoms with Crippen molar-refractivity contribution in [1.82, 2.24) is 0 Å². The SMILES string of the molecule is CCOC(=O)c1c(-c2ccc(Br)cc2)csc1NC(=O)c1oc2ccc(CC)cc2c1C. The lowest BCUT2D eigenvalue weighted by Gasteiger charge is -2.08. The highest BCUT2D eigenvalue weighted by Crippen LogP contribution is 2.37. The van der Waals surface area contributed by atoms with E-state index in [-0.39, 0.29) is 12.4 Å². The van der Waals surface area contributed by atoms with Crippen LogP contribution in [0.25, 0.3) is 22.1 Å². The lowest BCUT2D eigenvalue weighted by molar-refractivity contribution is 0.0529. The Hall–Kier alpha value is -2.90. The number of carbonyl (C=O) groups is 2. The van der Waals surface area contributed by atoms with Gasteiger partial charge in [0.25, 0.3) is 5.91 Å². The molecule has 1 amide bonds. The number of esters is 1. The van der Waals surface area contributed by atoms with Crippen LogP contribution in [0.3, 0.4) is 0 Å². The smallest absolute Gasteiger partial charge is 0.341 e. The second kappa shape index (κ2) is 9.30. The lowest BCUT2D eigenvalue weighted by Crippen LogP contribution is -2.15. The minimum Gasteiger partial charge on any atom is -0.462 e. The van der Waals surface area contributed by atoms with Crippen LogP contribution < -0.4 is 5.32 Å². The van der Waals surface area contributed by atoms with E-state index in [0.29, 0.717) is 21.7 Å². The number of furan rings is 1. The molecule has 164 valence electrons. The number of hydrogen-bond acceptors (Lipinski definition) is 5. The van der Waals surface area contributed by atoms with Gasteiger partial charge in [-0.2, -0.15) is 0 Å². The van der Waals surface area contributed by atoms with Crippen LogP contribution in [0.1, 0.15) is 45.9 Å². The average Bonchev–Trinajstić information content (AvgIpc) is 3.35. The third kappa shape index (κ3) is 4.23. The lowest BCUT2D eigenvalue weighted by atomic mass is 10.0. The van der Waals surface area contributed by atoms with E-state index in [0.717, 1.165) is 27.4 Å². The number of aryl methyl sites for hydroxylation is 2. The zero-order chi connectivity index (χ0) is 22.8. The highest BCUT2D eigenvalue weighted by Gasteiger charge is 2.25. The van der Waals surface area contributed by atoms with Crippen LogP contribution in [0.15, 0.2) is 56.7 Å². The predicted molar refractivity (Wildman–Crippen MR) is 132 cm³/mol. The largest absolute Gasteiger partial charge is 0.462 e. The maximum absolute atomic E-state index is 13.1. The van der Waals surface area contributed by atoms with Gasteiger partial charge in [-0.15, -0.1) is 11.3 Å². The fourth-order valence-corrected chi connectivity index (χ4v) is 4.78. The van der Waals surface area contributed by atoms with E-state index in [9.17, 15) is 9.59 Å². The molecule has 0 spiro atoms. The molecule has 0 aliphatic carbocycles. The van der Waals surface area contributed by atoms with Crippen molar-refractivity contribution in [3.8, 4) is 11.1 Å². The van der Waals surface area contributed by atoms with Gasteiger partial charge < -0.3 is 14.5 Å². The Balaban J connectivity index is 1.72. The number of amides is 1. The summed E-state index contributed by atoms with van der Waals surface area (Å²) in [5, 5.41) is 6.07. The van der Waals surface area contributed by atoms with Crippen LogP contribution in [0.2, 0.25) is 0 Å². The maximum Gasteiger partial charge on any atom is 0.341 e. The van der Waals surface area contributed by atoms with E-state index < -0.39 is 11.9 Å². The highest BCUT2D eigenvalue weighted by atomic mass is 79.9. The van der Waals surface area contributed by atoms with Crippen molar-refractivity contribution in [2.45, 2.75) is 27.2 Å². The number of fused-ring (bicyclic) bond motifs is 1. The molecular weight excluding hydrogens is 490 g/mol. The summed E-state index contributed by atoms with van der Waals surface area (Å²) in [5.74, 6) is -0.635. The summed E-state index contributed by atoms with van der Waals surface area (Å²) in [4.78, 5) is 25.9. The molecular formula is C25H22BrNO4S. The monoisotopic (exact) mass is 511 g/mol. The molecule has 0 unspecified atom stereocenters. The molecule has 0 radical (unpaired) electrons. The molecule has 0 saturated carbocycles. The van der Waals surface area contributed by atoms with Crippen LogP contribution in [-0.2, 0) is 11.2 Å². The number of hydrogen-bond donors (Lipinski definition) is 1. The van der Waals surface area contributed by atoms with Crippen molar-refractivity contribution in [2.75, 3.05) is 11.9 Å². The van der Waals surface area contributed by atoms with Gasteiger partial charge in [-0.1, -0.05) is 41.1 Å². The topological polar surface area (TPSA) is 68.5 Å². The van der Waals surface area contributed by atoms with Gasteiger partial charge in [0.15, 0.2) is 5.76 Å². The number of carbonyl (C=O) groups excluding carboxylic acids is 2. The number of benzene rings is 2. The van der Waals surface area contributed by atoms with Gasteiger partial charge in [-0.05, 0) is 55.7 Å². The highest BCUT2D eigenvalue weighted by molar-refractivity contribution is 9.10. The normalized spacial score (nSPS) is 11.0. The first-order valence-corrected chi connectivity index (χ1v) is 12.0. The van der Waals surface area contributed by atoms with E-state index >= 15 is 0 Å². The van der Waals surface area contributed by atoms with Crippen molar-refractivity contribution in [2.24, 2.45) is 0 Å². The van der Waals surface area contributed by atoms with Crippen molar-refractivity contribution in [3.05, 3.63) is 74.8 Å². The Morgan fingerprint density at radius 1 is 1.12 bits per heavy atom. The second-order valence-electron chi connectivity index (χ2n) is 7.28. The summed E-state index contributed by atoms with van der Waals surface area (Å²) >= 11 is 4.71. The molecule has 1 N–H and O–H groups in total. The Morgan fingerprint density at radius 2 is 1.88 bits per heavy atom. The van der Waals surface area contributed by atoms with Crippen molar-refractivity contribution < 1.29 is 18.7 Å². The number of anilines is 1. The quantitative estimate of drug-likeness (QED) is 0.277. The van der Waals surface area contributed by atoms with Gasteiger partial charge in [0, 0.05) is 26.4 Å². The summed E-state index contributed by atoms with van der Waals surface area (Å²) in [7, 11) is 0. The molecule has 0 atom stereocenters. The van der Waals surface area contributed by atoms with E-state index in [1.54, 1.807) is 6.92 Å². The van der Waals surface area contributed by atoms with Crippen LogP contribution in [0.4, 0.5) is 5.00 Å². The van der Waals surface area contributed by atoms with Gasteiger partial charge in [0.05, 0.1) is 6.61 Å². The van der Waals surface area contributed by atoms with Crippen LogP contribution in [0.5, 0.6) is 0 Å². The minimum absolute atomic E-state index is 0.238. The fraction of sp³-hybridized carbons (Fsp3) is 0.200. The molecule has 4 aromatic rings. The molecule has 0 fully saturated rings. The zero-order valence-corrected chi connectivity index (χ0v) is 20.4. The van der Waals surface area contributed by atoms with Gasteiger partial charge in [-0.25, -0.2) is 4.79 Å². The zero-order valence-electron chi connectivity index (χ0n) is 18.0. The first-order valence-electron chi connectivity index (χ1n) is 10.3. The fourth-order valence-electron chi connectivity index (χ4n) is 3.56. The van der Waals surface area contributed by atoms with E-state index in [1.165, 1.54) is 16.9 Å². The number of rotatable bonds is 6. The molecule has 0 bridgehead atoms. The Bertz CT molecular complexity index is 1300. The average molecular weight is 512 g/mol. The first kappa shape index (κ1) is 22.3. The third-order valence-electron chi connectivity index (χ3n) is 5.27. The van der Waals surface area contributed by atoms with Crippen molar-refractivity contribution >= 4 is 55.1 Å². The van der Waals surface area contributed by atoms with Crippen molar-refractivity contribution in [3.63, 3.8) is 0 Å². The Kier molecular flexibility index (Phi) is 6.48. The summed E-state index contributed by atoms with van der Waals surface area (Å²) in [6.07, 6.45) is 0.902. The standard InChI is InChI=1S/C25H22BrNO4S/c1-4-15-6-11-20-18(12-15)14(3)22(31-20)23(28)27-24-21(25(29)30-5-2)19(13-32-24)16-7-9-17(26)10-8-16/h6-13H,4-5H2,1-3H3,(H,27,28). The molecule has 2 aromatic heterocycles. The molecule has 0 aliphatic rings. The van der Waals surface area contributed by atoms with E-state index in [2.05, 4.69) is 28.2 Å². The summed E-state index contributed by atoms with van der Waals surface area (Å²) in [6, 6.07) is 13.6. The molecule has 4 rings (SSSR count). The molecule has 5 nitrogen and oxygen atoms in total. The van der Waals surface area contributed by atoms with Crippen molar-refractivity contribution in [1.29, 1.82) is 0 Å². The molecule has 32 heavy (non-hydrogen) atoms. The number of halogens is 1. The Labute approximate surface area is 198 Å². The number of ether oxygens (including phenoxy) is 1. The molecule has 2 aromatic carbocycles. The molecule has 2 heterocycles. The minimum atomic E-state index is -0.476. The maximum atomic E-state index is 13.1. The molecule has 0 aliphatic heterocycles. The second-order valence-corrected chi connectivity index (χ2v) is 9.07. The third-order valence-corrected chi connectivity index (χ3v) is 6.69. The molecule has 0 saturated heterocycles. The summed E-state index contributed by atoms with van der Waals surface area (Å²) in [6.45, 7) is 5.95. The number of nitrogens with one attached hydrogen (secondary N) is 1. The van der Waals surface area contributed by atoms with Gasteiger partial charge >= 0.3 is 5.97 Å². The summed E-state index contributed by atoms with van der Waals surface area (Å²) in [5.41, 5.74) is 4.53. The number of thiophene rings is 1. The predicted octanol–water partition coefficient (Wildman–Crippen LogP) is 7.22. The van der Waals surface area contributed by atoms with Gasteiger partial charge in [0.2, 0.25) is 0 Å². The van der Waals surface area contributed by atoms with Gasteiger partial charge in [-0.3, -0.25) is 4.79 Å². The van der Waals surface area contributed by atoms with Crippen LogP contribution in [0, 0.1) is 6.92 Å². The van der Waals surface area contributed by atoms with Gasteiger partial charge in [0.1, 0.15) is 16.1 Å². The van der Waals surface area contributed by atoms with E-state index in [1.807, 2.05) is 54.8 Å². The summed E-state index contributed by atoms with van der Waals surface area (Å²) < 4.78 is 12.1. The molecule has 7 heteroatoms. The Morgan fingerprint density at radius 3 is 2.56 bits per heavy atom. The van der Waals surface area contributed by atoms with Crippen LogP contribution >= 0.6 is 27.3 Å². The van der Waals surface area contributed by atoms with Crippen LogP contribution in [-0.4, -0.2) is 18.5 Å². The van der Waals surface area contributed by atoms with E-state index in [4.69, 9.17) is 9.15 Å². The first-order chi connectivity index (χ1) is 15.4.